The Morgan fingerprint density at radius 1 is 1.56 bits per heavy atom. The minimum absolute atomic E-state index is 0.0907. The highest BCUT2D eigenvalue weighted by Gasteiger charge is 2.17. The Bertz CT molecular complexity index is 445. The number of hydrogen-bond donors (Lipinski definition) is 2. The Morgan fingerprint density at radius 3 is 2.94 bits per heavy atom. The first-order chi connectivity index (χ1) is 8.56. The number of hydrogen-bond acceptors (Lipinski definition) is 2. The average Bonchev–Trinajstić information content (AvgIpc) is 2.31. The van der Waals surface area contributed by atoms with Crippen molar-refractivity contribution in [3.63, 3.8) is 0 Å². The standard InChI is InChI=1S/C14H20FN3/c1-10-3-2-6-18(8-10)9-12-5-4-11(14(16)17)7-13(12)15/h4-5,7,10H,2-3,6,8-9H2,1H3,(H3,16,17). The zero-order valence-electron chi connectivity index (χ0n) is 10.7. The first kappa shape index (κ1) is 13.0. The monoisotopic (exact) mass is 249 g/mol. The molecular formula is C14H20FN3. The fourth-order valence-electron chi connectivity index (χ4n) is 2.51. The van der Waals surface area contributed by atoms with E-state index in [9.17, 15) is 4.39 Å². The van der Waals surface area contributed by atoms with E-state index >= 15 is 0 Å². The topological polar surface area (TPSA) is 53.1 Å². The van der Waals surface area contributed by atoms with Gasteiger partial charge in [-0.15, -0.1) is 0 Å². The molecule has 1 fully saturated rings. The van der Waals surface area contributed by atoms with Crippen LogP contribution in [0, 0.1) is 17.1 Å². The summed E-state index contributed by atoms with van der Waals surface area (Å²) in [6.45, 7) is 4.96. The van der Waals surface area contributed by atoms with Crippen LogP contribution in [0.15, 0.2) is 18.2 Å². The Kier molecular flexibility index (Phi) is 3.97. The lowest BCUT2D eigenvalue weighted by Crippen LogP contribution is -2.34. The molecule has 1 aromatic rings. The molecule has 1 aliphatic rings. The first-order valence-electron chi connectivity index (χ1n) is 6.41. The second-order valence-corrected chi connectivity index (χ2v) is 5.20. The lowest BCUT2D eigenvalue weighted by atomic mass is 9.99. The second-order valence-electron chi connectivity index (χ2n) is 5.20. The molecule has 1 aromatic carbocycles. The minimum Gasteiger partial charge on any atom is -0.384 e. The van der Waals surface area contributed by atoms with Crippen LogP contribution in [0.4, 0.5) is 4.39 Å². The summed E-state index contributed by atoms with van der Waals surface area (Å²) in [6.07, 6.45) is 2.45. The number of amidine groups is 1. The zero-order chi connectivity index (χ0) is 13.1. The van der Waals surface area contributed by atoms with Gasteiger partial charge in [-0.05, 0) is 31.4 Å². The summed E-state index contributed by atoms with van der Waals surface area (Å²) in [7, 11) is 0. The molecule has 0 spiro atoms. The molecule has 3 nitrogen and oxygen atoms in total. The molecule has 18 heavy (non-hydrogen) atoms. The van der Waals surface area contributed by atoms with E-state index in [1.54, 1.807) is 12.1 Å². The molecular weight excluding hydrogens is 229 g/mol. The van der Waals surface area contributed by atoms with Crippen LogP contribution in [0.1, 0.15) is 30.9 Å². The van der Waals surface area contributed by atoms with Gasteiger partial charge >= 0.3 is 0 Å². The number of nitrogens with zero attached hydrogens (tertiary/aromatic N) is 1. The number of benzene rings is 1. The summed E-state index contributed by atoms with van der Waals surface area (Å²) in [5, 5.41) is 7.28. The van der Waals surface area contributed by atoms with Gasteiger partial charge in [-0.25, -0.2) is 4.39 Å². The summed E-state index contributed by atoms with van der Waals surface area (Å²) in [4.78, 5) is 2.29. The van der Waals surface area contributed by atoms with Gasteiger partial charge in [0.15, 0.2) is 0 Å². The van der Waals surface area contributed by atoms with Crippen molar-refractivity contribution in [2.75, 3.05) is 13.1 Å². The van der Waals surface area contributed by atoms with Gasteiger partial charge in [0.05, 0.1) is 0 Å². The molecule has 0 amide bonds. The minimum atomic E-state index is -0.263. The molecule has 0 bridgehead atoms. The molecule has 0 aromatic heterocycles. The Balaban J connectivity index is 2.07. The number of nitrogens with two attached hydrogens (primary N) is 1. The molecule has 1 saturated heterocycles. The van der Waals surface area contributed by atoms with Gasteiger partial charge < -0.3 is 5.73 Å². The Labute approximate surface area is 107 Å². The van der Waals surface area contributed by atoms with E-state index < -0.39 is 0 Å². The highest BCUT2D eigenvalue weighted by molar-refractivity contribution is 5.94. The SMILES string of the molecule is CC1CCCN(Cc2ccc(C(=N)N)cc2F)C1. The lowest BCUT2D eigenvalue weighted by molar-refractivity contribution is 0.175. The first-order valence-corrected chi connectivity index (χ1v) is 6.41. The summed E-state index contributed by atoms with van der Waals surface area (Å²) in [6, 6.07) is 4.81. The molecule has 3 N–H and O–H groups in total. The summed E-state index contributed by atoms with van der Waals surface area (Å²) < 4.78 is 13.9. The van der Waals surface area contributed by atoms with Crippen LogP contribution in [0.2, 0.25) is 0 Å². The van der Waals surface area contributed by atoms with E-state index in [0.29, 0.717) is 23.6 Å². The Morgan fingerprint density at radius 2 is 2.33 bits per heavy atom. The van der Waals surface area contributed by atoms with Crippen LogP contribution in [0.5, 0.6) is 0 Å². The smallest absolute Gasteiger partial charge is 0.128 e. The van der Waals surface area contributed by atoms with E-state index in [4.69, 9.17) is 11.1 Å². The van der Waals surface area contributed by atoms with Crippen molar-refractivity contribution < 1.29 is 4.39 Å². The van der Waals surface area contributed by atoms with Crippen molar-refractivity contribution in [2.24, 2.45) is 11.7 Å². The zero-order valence-corrected chi connectivity index (χ0v) is 10.7. The van der Waals surface area contributed by atoms with Crippen molar-refractivity contribution in [2.45, 2.75) is 26.3 Å². The molecule has 1 aliphatic heterocycles. The maximum atomic E-state index is 13.9. The lowest BCUT2D eigenvalue weighted by Gasteiger charge is -2.30. The molecule has 1 heterocycles. The third-order valence-electron chi connectivity index (χ3n) is 3.50. The number of rotatable bonds is 3. The molecule has 1 unspecified atom stereocenters. The van der Waals surface area contributed by atoms with Crippen LogP contribution in [-0.2, 0) is 6.54 Å². The largest absolute Gasteiger partial charge is 0.384 e. The summed E-state index contributed by atoms with van der Waals surface area (Å²) in [5.41, 5.74) is 6.48. The van der Waals surface area contributed by atoms with Gasteiger partial charge in [0.2, 0.25) is 0 Å². The maximum absolute atomic E-state index is 13.9. The van der Waals surface area contributed by atoms with Gasteiger partial charge in [-0.2, -0.15) is 0 Å². The summed E-state index contributed by atoms with van der Waals surface area (Å²) >= 11 is 0. The third kappa shape index (κ3) is 3.07. The van der Waals surface area contributed by atoms with Crippen molar-refractivity contribution in [1.29, 1.82) is 5.41 Å². The summed E-state index contributed by atoms with van der Waals surface area (Å²) in [5.74, 6) is 0.339. The average molecular weight is 249 g/mol. The van der Waals surface area contributed by atoms with Crippen LogP contribution in [-0.4, -0.2) is 23.8 Å². The fourth-order valence-corrected chi connectivity index (χ4v) is 2.51. The van der Waals surface area contributed by atoms with Crippen LogP contribution in [0.3, 0.4) is 0 Å². The van der Waals surface area contributed by atoms with E-state index in [0.717, 1.165) is 13.1 Å². The predicted octanol–water partition coefficient (Wildman–Crippen LogP) is 2.34. The van der Waals surface area contributed by atoms with Gasteiger partial charge in [0.1, 0.15) is 11.7 Å². The predicted molar refractivity (Wildman–Crippen MR) is 71.1 cm³/mol. The third-order valence-corrected chi connectivity index (χ3v) is 3.50. The number of halogens is 1. The molecule has 0 aliphatic carbocycles. The van der Waals surface area contributed by atoms with Gasteiger partial charge in [-0.3, -0.25) is 10.3 Å². The second kappa shape index (κ2) is 5.48. The van der Waals surface area contributed by atoms with E-state index in [1.165, 1.54) is 18.9 Å². The molecule has 98 valence electrons. The number of likely N-dealkylation sites (tertiary alicyclic amines) is 1. The van der Waals surface area contributed by atoms with Crippen molar-refractivity contribution in [3.05, 3.63) is 35.1 Å². The molecule has 0 saturated carbocycles. The number of nitrogen functional groups attached to an aromatic ring is 1. The molecule has 4 heteroatoms. The van der Waals surface area contributed by atoms with Crippen molar-refractivity contribution in [1.82, 2.24) is 4.90 Å². The quantitative estimate of drug-likeness (QED) is 0.638. The van der Waals surface area contributed by atoms with E-state index in [-0.39, 0.29) is 11.7 Å². The van der Waals surface area contributed by atoms with Gasteiger partial charge in [0, 0.05) is 24.2 Å². The van der Waals surface area contributed by atoms with Crippen LogP contribution < -0.4 is 5.73 Å². The van der Waals surface area contributed by atoms with E-state index in [2.05, 4.69) is 11.8 Å². The molecule has 1 atom stereocenters. The fraction of sp³-hybridized carbons (Fsp3) is 0.500. The normalized spacial score (nSPS) is 20.9. The van der Waals surface area contributed by atoms with Gasteiger partial charge in [0.25, 0.3) is 0 Å². The van der Waals surface area contributed by atoms with Crippen LogP contribution in [0.25, 0.3) is 0 Å². The van der Waals surface area contributed by atoms with Crippen LogP contribution >= 0.6 is 0 Å². The highest BCUT2D eigenvalue weighted by atomic mass is 19.1. The maximum Gasteiger partial charge on any atom is 0.128 e. The molecule has 2 rings (SSSR count). The van der Waals surface area contributed by atoms with Crippen molar-refractivity contribution in [3.8, 4) is 0 Å². The number of piperidine rings is 1. The van der Waals surface area contributed by atoms with E-state index in [1.807, 2.05) is 0 Å². The van der Waals surface area contributed by atoms with Gasteiger partial charge in [-0.1, -0.05) is 19.1 Å². The highest BCUT2D eigenvalue weighted by Crippen LogP contribution is 2.19. The van der Waals surface area contributed by atoms with Crippen molar-refractivity contribution >= 4 is 5.84 Å². The number of nitrogens with one attached hydrogen (secondary N) is 1. The molecule has 0 radical (unpaired) electrons. The Hall–Kier alpha value is -1.42.